The number of methoxy groups -OCH3 is 1. The summed E-state index contributed by atoms with van der Waals surface area (Å²) in [5, 5.41) is 17.9. The Morgan fingerprint density at radius 2 is 1.69 bits per heavy atom. The van der Waals surface area contributed by atoms with Gasteiger partial charge in [-0.05, 0) is 137 Å². The van der Waals surface area contributed by atoms with Crippen LogP contribution in [0.4, 0.5) is 0 Å². The Morgan fingerprint density at radius 3 is 2.38 bits per heavy atom. The van der Waals surface area contributed by atoms with Crippen molar-refractivity contribution in [3.05, 3.63) is 0 Å². The van der Waals surface area contributed by atoms with Crippen molar-refractivity contribution in [3.8, 4) is 0 Å². The van der Waals surface area contributed by atoms with Crippen LogP contribution >= 0.6 is 0 Å². The molecule has 7 fully saturated rings. The molecule has 2 heterocycles. The highest BCUT2D eigenvalue weighted by atomic mass is 16.7. The maximum atomic E-state index is 10.9. The first-order valence-corrected chi connectivity index (χ1v) is 19.2. The number of aliphatic hydroxyl groups is 2. The maximum Gasteiger partial charge on any atom is 0.170 e. The normalized spacial score (nSPS) is 45.8. The van der Waals surface area contributed by atoms with Gasteiger partial charge in [0.1, 0.15) is 6.10 Å². The molecule has 2 aliphatic heterocycles. The van der Waals surface area contributed by atoms with E-state index >= 15 is 0 Å². The molecule has 8 nitrogen and oxygen atoms in total. The van der Waals surface area contributed by atoms with Crippen molar-refractivity contribution >= 4 is 0 Å². The summed E-state index contributed by atoms with van der Waals surface area (Å²) in [7, 11) is 2.79. The number of morpholine rings is 1. The molecule has 2 N–H and O–H groups in total. The first-order chi connectivity index (χ1) is 22.3. The number of fused-ring (bicyclic) bond motifs is 4. The summed E-state index contributed by atoms with van der Waals surface area (Å²) in [5.41, 5.74) is 0.682. The number of ether oxygens (including phenoxy) is 5. The molecule has 5 aliphatic carbocycles. The van der Waals surface area contributed by atoms with E-state index in [1.807, 2.05) is 20.8 Å². The lowest BCUT2D eigenvalue weighted by atomic mass is 9.46. The summed E-state index contributed by atoms with van der Waals surface area (Å²) < 4.78 is 31.7. The molecule has 2 spiro atoms. The van der Waals surface area contributed by atoms with Crippen LogP contribution in [-0.2, 0) is 23.7 Å². The Labute approximate surface area is 293 Å². The third-order valence-electron chi connectivity index (χ3n) is 15.4. The molecule has 8 heteroatoms. The van der Waals surface area contributed by atoms with Gasteiger partial charge in [0.2, 0.25) is 0 Å². The van der Waals surface area contributed by atoms with Gasteiger partial charge >= 0.3 is 0 Å². The predicted octanol–water partition coefficient (Wildman–Crippen LogP) is 6.69. The largest absolute Gasteiger partial charge is 0.400 e. The zero-order valence-electron chi connectivity index (χ0n) is 31.3. The Morgan fingerprint density at radius 1 is 0.958 bits per heavy atom. The minimum atomic E-state index is -0.897. The summed E-state index contributed by atoms with van der Waals surface area (Å²) >= 11 is 0. The molecule has 0 aromatic heterocycles. The fourth-order valence-electron chi connectivity index (χ4n) is 13.3. The third-order valence-corrected chi connectivity index (χ3v) is 15.4. The lowest BCUT2D eigenvalue weighted by Crippen LogP contribution is -2.56. The van der Waals surface area contributed by atoms with Crippen molar-refractivity contribution in [2.45, 2.75) is 162 Å². The summed E-state index contributed by atoms with van der Waals surface area (Å²) in [5.74, 6) is 2.98. The number of nitrogens with zero attached hydrogens (tertiary/aromatic N) is 1. The van der Waals surface area contributed by atoms with E-state index in [4.69, 9.17) is 28.8 Å². The van der Waals surface area contributed by atoms with Crippen LogP contribution in [0.3, 0.4) is 0 Å². The first-order valence-electron chi connectivity index (χ1n) is 19.2. The second kappa shape index (κ2) is 14.2. The van der Waals surface area contributed by atoms with Gasteiger partial charge in [-0.2, -0.15) is 0 Å². The second-order valence-corrected chi connectivity index (χ2v) is 18.1. The van der Waals surface area contributed by atoms with E-state index in [9.17, 15) is 5.11 Å². The molecule has 2 saturated heterocycles. The van der Waals surface area contributed by atoms with Gasteiger partial charge in [0, 0.05) is 40.0 Å². The van der Waals surface area contributed by atoms with Crippen LogP contribution in [0, 0.1) is 45.3 Å². The van der Waals surface area contributed by atoms with Crippen molar-refractivity contribution in [1.29, 1.82) is 0 Å². The fourth-order valence-corrected chi connectivity index (χ4v) is 13.3. The first kappa shape index (κ1) is 38.9. The van der Waals surface area contributed by atoms with Crippen LogP contribution in [0.5, 0.6) is 0 Å². The van der Waals surface area contributed by atoms with E-state index in [0.29, 0.717) is 40.9 Å². The fraction of sp³-hybridized carbons (Fsp3) is 1.00. The minimum Gasteiger partial charge on any atom is -0.400 e. The number of rotatable bonds is 9. The smallest absolute Gasteiger partial charge is 0.170 e. The van der Waals surface area contributed by atoms with E-state index in [1.54, 1.807) is 7.11 Å². The molecule has 0 radical (unpaired) electrons. The molecule has 0 bridgehead atoms. The topological polar surface area (TPSA) is 89.9 Å². The quantitative estimate of drug-likeness (QED) is 0.279. The lowest BCUT2D eigenvalue weighted by Gasteiger charge is -2.60. The predicted molar refractivity (Wildman–Crippen MR) is 190 cm³/mol. The highest BCUT2D eigenvalue weighted by Crippen LogP contribution is 2.87. The number of aliphatic hydroxyl groups excluding tert-OH is 1. The summed E-state index contributed by atoms with van der Waals surface area (Å²) in [6.45, 7) is 19.6. The molecule has 280 valence electrons. The van der Waals surface area contributed by atoms with Crippen molar-refractivity contribution in [1.82, 2.24) is 4.90 Å². The van der Waals surface area contributed by atoms with E-state index in [-0.39, 0.29) is 37.4 Å². The Hall–Kier alpha value is -0.320. The van der Waals surface area contributed by atoms with Crippen molar-refractivity contribution in [3.63, 3.8) is 0 Å². The van der Waals surface area contributed by atoms with Crippen LogP contribution in [0.1, 0.15) is 120 Å². The molecule has 0 aromatic carbocycles. The molecular formula is C40H73NO7. The van der Waals surface area contributed by atoms with Crippen molar-refractivity contribution in [2.75, 3.05) is 47.1 Å². The molecule has 0 amide bonds. The molecule has 7 rings (SSSR count). The zero-order valence-corrected chi connectivity index (χ0v) is 31.3. The SMILES string of the molecule is C.CCO[C@@H](C1CCC2C(CC3C4CCC5C(C)(C)[C@@H](OC6CN(C(C)COC)CCO6)CC[C@@]56C[C@@]46CC[C@]23C)O1)C(C)(C)O.CO. The van der Waals surface area contributed by atoms with Crippen molar-refractivity contribution in [2.24, 2.45) is 45.3 Å². The lowest BCUT2D eigenvalue weighted by molar-refractivity contribution is -0.248. The summed E-state index contributed by atoms with van der Waals surface area (Å²) in [4.78, 5) is 2.47. The van der Waals surface area contributed by atoms with Gasteiger partial charge in [-0.1, -0.05) is 28.2 Å². The second-order valence-electron chi connectivity index (χ2n) is 18.1. The van der Waals surface area contributed by atoms with Gasteiger partial charge < -0.3 is 33.9 Å². The van der Waals surface area contributed by atoms with Crippen LogP contribution < -0.4 is 0 Å². The van der Waals surface area contributed by atoms with Crippen LogP contribution in [0.25, 0.3) is 0 Å². The monoisotopic (exact) mass is 680 g/mol. The van der Waals surface area contributed by atoms with Crippen LogP contribution in [0.2, 0.25) is 0 Å². The van der Waals surface area contributed by atoms with Gasteiger partial charge in [-0.15, -0.1) is 0 Å². The molecule has 7 aliphatic rings. The van der Waals surface area contributed by atoms with E-state index < -0.39 is 5.60 Å². The Bertz CT molecular complexity index is 1080. The average Bonchev–Trinajstić information content (AvgIpc) is 3.61. The Balaban J connectivity index is 0.00000148. The molecule has 48 heavy (non-hydrogen) atoms. The van der Waals surface area contributed by atoms with E-state index in [1.165, 1.54) is 57.8 Å². The summed E-state index contributed by atoms with van der Waals surface area (Å²) in [6.07, 6.45) is 13.0. The highest BCUT2D eigenvalue weighted by Gasteiger charge is 2.80. The van der Waals surface area contributed by atoms with Gasteiger partial charge in [0.25, 0.3) is 0 Å². The molecule has 5 saturated carbocycles. The third kappa shape index (κ3) is 6.16. The zero-order chi connectivity index (χ0) is 34.0. The highest BCUT2D eigenvalue weighted by molar-refractivity contribution is 5.29. The van der Waals surface area contributed by atoms with Crippen LogP contribution in [-0.4, -0.2) is 105 Å². The van der Waals surface area contributed by atoms with Crippen LogP contribution in [0.15, 0.2) is 0 Å². The molecule has 13 atom stereocenters. The Kier molecular flexibility index (Phi) is 11.5. The molecular weight excluding hydrogens is 606 g/mol. The average molecular weight is 680 g/mol. The van der Waals surface area contributed by atoms with Gasteiger partial charge in [-0.25, -0.2) is 0 Å². The standard InChI is InChI=1S/C38H65NO6.CH4O.CH4/c1-9-42-33(35(5,6)40)28-12-10-26-29(44-28)20-27-25-11-13-30-34(3,4)31(45-32-21-39(18-19-43-32)24(2)22-41-8)14-15-38(30)23-37(25,38)17-16-36(26,27)7;1-2;/h24-33,40H,9-23H2,1-8H3;2H,1H3;1H4/t24?,25?,26?,27?,28?,29?,30?,31-,32?,33-,36+,37-,38+;;/m0../s1. The number of hydrogen-bond acceptors (Lipinski definition) is 8. The minimum absolute atomic E-state index is 0. The number of hydrogen-bond donors (Lipinski definition) is 2. The van der Waals surface area contributed by atoms with E-state index in [2.05, 4.69) is 32.6 Å². The maximum absolute atomic E-state index is 10.9. The van der Waals surface area contributed by atoms with Gasteiger partial charge in [-0.3, -0.25) is 4.90 Å². The molecule has 8 unspecified atom stereocenters. The van der Waals surface area contributed by atoms with E-state index in [0.717, 1.165) is 57.6 Å². The van der Waals surface area contributed by atoms with Crippen molar-refractivity contribution < 1.29 is 33.9 Å². The van der Waals surface area contributed by atoms with Gasteiger partial charge in [0.05, 0.1) is 37.1 Å². The van der Waals surface area contributed by atoms with Gasteiger partial charge in [0.15, 0.2) is 6.29 Å². The summed E-state index contributed by atoms with van der Waals surface area (Å²) in [6, 6.07) is 0.384. The molecule has 0 aromatic rings.